The van der Waals surface area contributed by atoms with Crippen molar-refractivity contribution in [2.75, 3.05) is 19.7 Å². The second-order valence-electron chi connectivity index (χ2n) is 10.5. The average molecular weight is 496 g/mol. The summed E-state index contributed by atoms with van der Waals surface area (Å²) < 4.78 is 21.9. The molecule has 2 atom stereocenters. The van der Waals surface area contributed by atoms with E-state index in [4.69, 9.17) is 13.9 Å². The molecule has 0 rings (SSSR count). The number of rotatable bonds is 13. The summed E-state index contributed by atoms with van der Waals surface area (Å²) in [4.78, 5) is 39.3. The molecule has 2 unspecified atom stereocenters. The molecule has 33 heavy (non-hydrogen) atoms. The molecule has 0 heterocycles. The van der Waals surface area contributed by atoms with E-state index in [-0.39, 0.29) is 24.5 Å². The van der Waals surface area contributed by atoms with Gasteiger partial charge in [0.2, 0.25) is 11.8 Å². The lowest BCUT2D eigenvalue weighted by molar-refractivity contribution is -0.137. The first-order chi connectivity index (χ1) is 14.7. The van der Waals surface area contributed by atoms with Crippen molar-refractivity contribution in [2.24, 2.45) is 10.6 Å². The van der Waals surface area contributed by atoms with E-state index in [0.717, 1.165) is 5.71 Å². The van der Waals surface area contributed by atoms with Gasteiger partial charge in [-0.25, -0.2) is 4.57 Å². The Labute approximate surface area is 197 Å². The van der Waals surface area contributed by atoms with E-state index in [1.54, 1.807) is 27.7 Å². The minimum absolute atomic E-state index is 0.0184. The summed E-state index contributed by atoms with van der Waals surface area (Å²) in [6, 6.07) is 0. The average Bonchev–Trinajstić information content (AvgIpc) is 2.61. The zero-order valence-corrected chi connectivity index (χ0v) is 22.2. The Morgan fingerprint density at radius 2 is 1.52 bits per heavy atom. The van der Waals surface area contributed by atoms with Crippen LogP contribution in [0.5, 0.6) is 0 Å². The number of phosphoric ester groups is 1. The predicted octanol–water partition coefficient (Wildman–Crippen LogP) is 2.51. The Morgan fingerprint density at radius 3 is 2.03 bits per heavy atom. The van der Waals surface area contributed by atoms with Crippen molar-refractivity contribution >= 4 is 25.3 Å². The lowest BCUT2D eigenvalue weighted by atomic mass is 9.87. The summed E-state index contributed by atoms with van der Waals surface area (Å²) in [5.41, 5.74) is -1.73. The van der Waals surface area contributed by atoms with E-state index < -0.39 is 37.5 Å². The first-order valence-electron chi connectivity index (χ1n) is 10.9. The SMILES string of the molecule is C/C(CCNC(=O)CCNC(=O)C(O)C(C)(C)COP(=O)(O)OC(C)(C)C)=N\OC(C)(C)C. The standard InChI is InChI=1S/C21H42N3O8P/c1-15(24-31-19(2,3)4)10-12-22-16(25)11-13-23-18(27)17(26)21(8,9)14-30-33(28,29)32-20(5,6)7/h17,26H,10-14H2,1-9H3,(H,22,25)(H,23,27)(H,28,29)/b24-15+. The normalized spacial score (nSPS) is 16.0. The number of aliphatic hydroxyl groups is 1. The van der Waals surface area contributed by atoms with E-state index in [0.29, 0.717) is 13.0 Å². The lowest BCUT2D eigenvalue weighted by Crippen LogP contribution is -2.46. The van der Waals surface area contributed by atoms with Gasteiger partial charge in [-0.2, -0.15) is 0 Å². The molecule has 0 aromatic carbocycles. The van der Waals surface area contributed by atoms with Gasteiger partial charge in [0.25, 0.3) is 0 Å². The summed E-state index contributed by atoms with van der Waals surface area (Å²) in [6.07, 6.45) is -0.985. The number of oxime groups is 1. The molecule has 0 radical (unpaired) electrons. The highest BCUT2D eigenvalue weighted by Crippen LogP contribution is 2.48. The highest BCUT2D eigenvalue weighted by molar-refractivity contribution is 7.47. The van der Waals surface area contributed by atoms with Gasteiger partial charge in [-0.1, -0.05) is 19.0 Å². The maximum atomic E-state index is 12.2. The Kier molecular flexibility index (Phi) is 12.2. The molecular weight excluding hydrogens is 453 g/mol. The van der Waals surface area contributed by atoms with E-state index >= 15 is 0 Å². The van der Waals surface area contributed by atoms with Crippen molar-refractivity contribution in [1.29, 1.82) is 0 Å². The summed E-state index contributed by atoms with van der Waals surface area (Å²) in [5, 5.41) is 19.5. The van der Waals surface area contributed by atoms with Crippen LogP contribution in [0, 0.1) is 5.41 Å². The number of nitrogens with one attached hydrogen (secondary N) is 2. The van der Waals surface area contributed by atoms with Crippen LogP contribution < -0.4 is 10.6 Å². The molecule has 4 N–H and O–H groups in total. The van der Waals surface area contributed by atoms with Crippen LogP contribution in [0.25, 0.3) is 0 Å². The first-order valence-corrected chi connectivity index (χ1v) is 12.4. The third kappa shape index (κ3) is 15.9. The van der Waals surface area contributed by atoms with E-state index in [1.165, 1.54) is 13.8 Å². The quantitative estimate of drug-likeness (QED) is 0.173. The smallest absolute Gasteiger partial charge is 0.390 e. The predicted molar refractivity (Wildman–Crippen MR) is 126 cm³/mol. The van der Waals surface area contributed by atoms with Crippen molar-refractivity contribution in [3.05, 3.63) is 0 Å². The number of hydrogen-bond acceptors (Lipinski definition) is 8. The van der Waals surface area contributed by atoms with Crippen molar-refractivity contribution in [1.82, 2.24) is 10.6 Å². The van der Waals surface area contributed by atoms with Gasteiger partial charge >= 0.3 is 7.82 Å². The molecule has 12 heteroatoms. The van der Waals surface area contributed by atoms with Crippen molar-refractivity contribution in [3.63, 3.8) is 0 Å². The third-order valence-electron chi connectivity index (χ3n) is 3.91. The minimum Gasteiger partial charge on any atom is -0.390 e. The van der Waals surface area contributed by atoms with Crippen LogP contribution in [0.4, 0.5) is 0 Å². The number of aliphatic hydroxyl groups excluding tert-OH is 1. The largest absolute Gasteiger partial charge is 0.472 e. The number of carbonyl (C=O) groups is 2. The van der Waals surface area contributed by atoms with Gasteiger partial charge in [-0.3, -0.25) is 18.6 Å². The van der Waals surface area contributed by atoms with E-state index in [9.17, 15) is 24.2 Å². The number of phosphoric acid groups is 1. The molecule has 0 aromatic rings. The first kappa shape index (κ1) is 31.5. The number of nitrogens with zero attached hydrogens (tertiary/aromatic N) is 1. The molecular formula is C21H42N3O8P. The summed E-state index contributed by atoms with van der Waals surface area (Å²) in [5.74, 6) is -0.985. The summed E-state index contributed by atoms with van der Waals surface area (Å²) in [6.45, 7) is 15.3. The zero-order chi connectivity index (χ0) is 26.1. The monoisotopic (exact) mass is 495 g/mol. The number of carbonyl (C=O) groups excluding carboxylic acids is 2. The fourth-order valence-corrected chi connectivity index (χ4v) is 3.42. The molecule has 0 aliphatic rings. The molecule has 0 aliphatic carbocycles. The Balaban J connectivity index is 4.38. The van der Waals surface area contributed by atoms with Crippen LogP contribution in [0.3, 0.4) is 0 Å². The molecule has 0 spiro atoms. The second-order valence-corrected chi connectivity index (χ2v) is 11.9. The summed E-state index contributed by atoms with van der Waals surface area (Å²) >= 11 is 0. The fourth-order valence-electron chi connectivity index (χ4n) is 2.18. The molecule has 194 valence electrons. The second kappa shape index (κ2) is 12.8. The van der Waals surface area contributed by atoms with Crippen LogP contribution in [-0.4, -0.2) is 64.5 Å². The minimum atomic E-state index is -4.36. The van der Waals surface area contributed by atoms with Crippen molar-refractivity contribution in [3.8, 4) is 0 Å². The van der Waals surface area contributed by atoms with Gasteiger partial charge in [-0.05, 0) is 48.5 Å². The molecule has 0 aromatic heterocycles. The van der Waals surface area contributed by atoms with Crippen LogP contribution in [0.2, 0.25) is 0 Å². The topological polar surface area (TPSA) is 156 Å². The Morgan fingerprint density at radius 1 is 0.970 bits per heavy atom. The zero-order valence-electron chi connectivity index (χ0n) is 21.4. The molecule has 11 nitrogen and oxygen atoms in total. The third-order valence-corrected chi connectivity index (χ3v) is 5.15. The fraction of sp³-hybridized carbons (Fsp3) is 0.857. The maximum absolute atomic E-state index is 12.2. The molecule has 2 amide bonds. The van der Waals surface area contributed by atoms with Gasteiger partial charge in [0.05, 0.1) is 17.9 Å². The lowest BCUT2D eigenvalue weighted by Gasteiger charge is -2.31. The van der Waals surface area contributed by atoms with Crippen molar-refractivity contribution in [2.45, 2.75) is 92.5 Å². The molecule has 0 fully saturated rings. The molecule has 0 aliphatic heterocycles. The van der Waals surface area contributed by atoms with E-state index in [2.05, 4.69) is 15.8 Å². The number of hydrogen-bond donors (Lipinski definition) is 4. The summed E-state index contributed by atoms with van der Waals surface area (Å²) in [7, 11) is -4.36. The molecule has 0 saturated heterocycles. The van der Waals surface area contributed by atoms with E-state index in [1.807, 2.05) is 20.8 Å². The van der Waals surface area contributed by atoms with Crippen LogP contribution in [-0.2, 0) is 28.0 Å². The highest BCUT2D eigenvalue weighted by Gasteiger charge is 2.38. The van der Waals surface area contributed by atoms with Gasteiger partial charge in [0.15, 0.2) is 0 Å². The van der Waals surface area contributed by atoms with Gasteiger partial charge in [0.1, 0.15) is 11.7 Å². The van der Waals surface area contributed by atoms with Crippen LogP contribution in [0.1, 0.15) is 75.2 Å². The van der Waals surface area contributed by atoms with Gasteiger partial charge < -0.3 is 25.5 Å². The Bertz CT molecular complexity index is 726. The van der Waals surface area contributed by atoms with Gasteiger partial charge in [-0.15, -0.1) is 0 Å². The maximum Gasteiger partial charge on any atom is 0.472 e. The Hall–Kier alpha value is -1.52. The molecule has 0 saturated carbocycles. The molecule has 0 bridgehead atoms. The highest BCUT2D eigenvalue weighted by atomic mass is 31.2. The number of amides is 2. The van der Waals surface area contributed by atoms with Gasteiger partial charge in [0, 0.05) is 31.3 Å². The van der Waals surface area contributed by atoms with Crippen LogP contribution in [0.15, 0.2) is 5.16 Å². The van der Waals surface area contributed by atoms with Crippen LogP contribution >= 0.6 is 7.82 Å². The van der Waals surface area contributed by atoms with Crippen molar-refractivity contribution < 1.29 is 38.0 Å².